The van der Waals surface area contributed by atoms with Gasteiger partial charge in [-0.1, -0.05) is 42.5 Å². The third-order valence-electron chi connectivity index (χ3n) is 5.07. The highest BCUT2D eigenvalue weighted by atomic mass is 16.5. The fourth-order valence-corrected chi connectivity index (χ4v) is 3.38. The van der Waals surface area contributed by atoms with Crippen LogP contribution in [0.2, 0.25) is 0 Å². The van der Waals surface area contributed by atoms with Crippen molar-refractivity contribution in [1.29, 1.82) is 5.26 Å². The molecule has 0 bridgehead atoms. The molecule has 3 aromatic carbocycles. The summed E-state index contributed by atoms with van der Waals surface area (Å²) in [7, 11) is 1.60. The number of amides is 1. The highest BCUT2D eigenvalue weighted by Gasteiger charge is 2.12. The van der Waals surface area contributed by atoms with E-state index >= 15 is 0 Å². The Morgan fingerprint density at radius 1 is 1.00 bits per heavy atom. The maximum Gasteiger partial charge on any atom is 0.266 e. The van der Waals surface area contributed by atoms with Crippen LogP contribution in [-0.2, 0) is 11.2 Å². The van der Waals surface area contributed by atoms with E-state index in [1.807, 2.05) is 67.6 Å². The molecule has 178 valence electrons. The summed E-state index contributed by atoms with van der Waals surface area (Å²) in [6.45, 7) is 6.23. The number of benzene rings is 3. The summed E-state index contributed by atoms with van der Waals surface area (Å²) in [5.74, 6) is 1.33. The lowest BCUT2D eigenvalue weighted by Crippen LogP contribution is -2.13. The van der Waals surface area contributed by atoms with E-state index in [4.69, 9.17) is 14.2 Å². The molecule has 0 aliphatic heterocycles. The van der Waals surface area contributed by atoms with E-state index in [9.17, 15) is 10.1 Å². The van der Waals surface area contributed by atoms with Gasteiger partial charge >= 0.3 is 0 Å². The van der Waals surface area contributed by atoms with Gasteiger partial charge in [0.25, 0.3) is 5.91 Å². The second-order valence-electron chi connectivity index (χ2n) is 7.71. The molecule has 35 heavy (non-hydrogen) atoms. The first-order chi connectivity index (χ1) is 17.0. The first-order valence-corrected chi connectivity index (χ1v) is 11.2. The van der Waals surface area contributed by atoms with E-state index in [2.05, 4.69) is 11.9 Å². The van der Waals surface area contributed by atoms with Crippen molar-refractivity contribution in [2.75, 3.05) is 25.6 Å². The van der Waals surface area contributed by atoms with Crippen molar-refractivity contribution in [1.82, 2.24) is 0 Å². The zero-order valence-corrected chi connectivity index (χ0v) is 19.9. The number of ether oxygens (including phenoxy) is 3. The number of allylic oxidation sites excluding steroid dienone is 1. The smallest absolute Gasteiger partial charge is 0.266 e. The van der Waals surface area contributed by atoms with Crippen molar-refractivity contribution in [3.05, 3.63) is 102 Å². The van der Waals surface area contributed by atoms with E-state index in [1.54, 1.807) is 25.3 Å². The third kappa shape index (κ3) is 7.24. The Morgan fingerprint density at radius 3 is 2.49 bits per heavy atom. The lowest BCUT2D eigenvalue weighted by molar-refractivity contribution is -0.112. The van der Waals surface area contributed by atoms with Gasteiger partial charge in [0.2, 0.25) is 0 Å². The highest BCUT2D eigenvalue weighted by molar-refractivity contribution is 6.09. The Morgan fingerprint density at radius 2 is 1.77 bits per heavy atom. The summed E-state index contributed by atoms with van der Waals surface area (Å²) in [5, 5.41) is 12.3. The number of carbonyl (C=O) groups excluding carboxylic acids is 1. The zero-order valence-electron chi connectivity index (χ0n) is 19.9. The Hall–Kier alpha value is -4.50. The number of aryl methyl sites for hydroxylation is 1. The molecule has 3 aromatic rings. The van der Waals surface area contributed by atoms with Gasteiger partial charge in [0.1, 0.15) is 30.6 Å². The zero-order chi connectivity index (χ0) is 25.0. The average Bonchev–Trinajstić information content (AvgIpc) is 2.86. The minimum atomic E-state index is -0.483. The molecular weight excluding hydrogens is 440 g/mol. The molecule has 6 nitrogen and oxygen atoms in total. The van der Waals surface area contributed by atoms with E-state index in [1.165, 1.54) is 6.08 Å². The van der Waals surface area contributed by atoms with Gasteiger partial charge in [-0.3, -0.25) is 4.79 Å². The van der Waals surface area contributed by atoms with Crippen molar-refractivity contribution in [3.8, 4) is 23.3 Å². The van der Waals surface area contributed by atoms with Gasteiger partial charge in [0.15, 0.2) is 11.5 Å². The Balaban J connectivity index is 1.64. The molecular formula is C29H28N2O4. The predicted octanol–water partition coefficient (Wildman–Crippen LogP) is 5.74. The van der Waals surface area contributed by atoms with Crippen molar-refractivity contribution in [2.24, 2.45) is 0 Å². The van der Waals surface area contributed by atoms with Crippen molar-refractivity contribution in [3.63, 3.8) is 0 Å². The first-order valence-electron chi connectivity index (χ1n) is 11.2. The lowest BCUT2D eigenvalue weighted by atomic mass is 10.1. The van der Waals surface area contributed by atoms with E-state index in [-0.39, 0.29) is 18.8 Å². The number of hydrogen-bond donors (Lipinski definition) is 1. The van der Waals surface area contributed by atoms with Crippen LogP contribution in [0.3, 0.4) is 0 Å². The number of rotatable bonds is 11. The highest BCUT2D eigenvalue weighted by Crippen LogP contribution is 2.28. The van der Waals surface area contributed by atoms with Crippen LogP contribution >= 0.6 is 0 Å². The van der Waals surface area contributed by atoms with E-state index in [0.717, 1.165) is 17.5 Å². The number of para-hydroxylation sites is 1. The number of methoxy groups -OCH3 is 1. The second kappa shape index (κ2) is 12.7. The predicted molar refractivity (Wildman–Crippen MR) is 138 cm³/mol. The maximum atomic E-state index is 12.6. The Bertz CT molecular complexity index is 1260. The number of carbonyl (C=O) groups is 1. The van der Waals surface area contributed by atoms with Crippen LogP contribution in [0, 0.1) is 18.3 Å². The van der Waals surface area contributed by atoms with Gasteiger partial charge in [-0.05, 0) is 60.9 Å². The molecule has 0 unspecified atom stereocenters. The molecule has 3 rings (SSSR count). The molecule has 1 N–H and O–H groups in total. The van der Waals surface area contributed by atoms with Crippen LogP contribution in [0.15, 0.2) is 85.0 Å². The molecule has 6 heteroatoms. The molecule has 0 saturated carbocycles. The molecule has 0 atom stereocenters. The summed E-state index contributed by atoms with van der Waals surface area (Å²) >= 11 is 0. The number of hydrogen-bond acceptors (Lipinski definition) is 5. The molecule has 0 aliphatic carbocycles. The Labute approximate surface area is 206 Å². The van der Waals surface area contributed by atoms with Crippen molar-refractivity contribution >= 4 is 17.7 Å². The molecule has 0 saturated heterocycles. The summed E-state index contributed by atoms with van der Waals surface area (Å²) in [5.41, 5.74) is 3.32. The largest absolute Gasteiger partial charge is 0.493 e. The van der Waals surface area contributed by atoms with Crippen LogP contribution < -0.4 is 19.5 Å². The number of nitrogens with one attached hydrogen (secondary N) is 1. The standard InChI is InChI=1S/C29H28N2O4/c1-4-8-22-13-14-27(28(18-22)33-3)35-16-15-34-26-12-6-5-10-23(26)19-24(20-30)29(32)31-25-11-7-9-21(2)17-25/h4-7,9-14,17-19H,1,8,15-16H2,2-3H3,(H,31,32). The summed E-state index contributed by atoms with van der Waals surface area (Å²) in [6, 6.07) is 22.3. The second-order valence-corrected chi connectivity index (χ2v) is 7.71. The van der Waals surface area contributed by atoms with Gasteiger partial charge in [0.05, 0.1) is 7.11 Å². The van der Waals surface area contributed by atoms with Crippen LogP contribution in [0.1, 0.15) is 16.7 Å². The van der Waals surface area contributed by atoms with E-state index in [0.29, 0.717) is 28.5 Å². The molecule has 0 spiro atoms. The van der Waals surface area contributed by atoms with E-state index < -0.39 is 5.91 Å². The molecule has 0 aromatic heterocycles. The molecule has 0 heterocycles. The van der Waals surface area contributed by atoms with Gasteiger partial charge in [-0.15, -0.1) is 6.58 Å². The van der Waals surface area contributed by atoms with Crippen LogP contribution in [0.25, 0.3) is 6.08 Å². The normalized spacial score (nSPS) is 10.7. The van der Waals surface area contributed by atoms with Crippen molar-refractivity contribution < 1.29 is 19.0 Å². The Kier molecular flexibility index (Phi) is 9.09. The molecule has 1 amide bonds. The topological polar surface area (TPSA) is 80.6 Å². The monoisotopic (exact) mass is 468 g/mol. The number of nitriles is 1. The molecule has 0 fully saturated rings. The maximum absolute atomic E-state index is 12.6. The van der Waals surface area contributed by atoms with Gasteiger partial charge < -0.3 is 19.5 Å². The lowest BCUT2D eigenvalue weighted by Gasteiger charge is -2.13. The molecule has 0 aliphatic rings. The quantitative estimate of drug-likeness (QED) is 0.168. The minimum Gasteiger partial charge on any atom is -0.493 e. The fraction of sp³-hybridized carbons (Fsp3) is 0.172. The number of anilines is 1. The van der Waals surface area contributed by atoms with Crippen LogP contribution in [0.4, 0.5) is 5.69 Å². The SMILES string of the molecule is C=CCc1ccc(OCCOc2ccccc2C=C(C#N)C(=O)Nc2cccc(C)c2)c(OC)c1. The van der Waals surface area contributed by atoms with Crippen LogP contribution in [-0.4, -0.2) is 26.2 Å². The molecule has 0 radical (unpaired) electrons. The van der Waals surface area contributed by atoms with Crippen LogP contribution in [0.5, 0.6) is 17.2 Å². The number of nitrogens with zero attached hydrogens (tertiary/aromatic N) is 1. The fourth-order valence-electron chi connectivity index (χ4n) is 3.38. The van der Waals surface area contributed by atoms with Gasteiger partial charge in [-0.25, -0.2) is 0 Å². The van der Waals surface area contributed by atoms with Gasteiger partial charge in [-0.2, -0.15) is 5.26 Å². The summed E-state index contributed by atoms with van der Waals surface area (Å²) < 4.78 is 17.1. The summed E-state index contributed by atoms with van der Waals surface area (Å²) in [4.78, 5) is 12.6. The third-order valence-corrected chi connectivity index (χ3v) is 5.07. The van der Waals surface area contributed by atoms with Gasteiger partial charge in [0, 0.05) is 11.3 Å². The first kappa shape index (κ1) is 25.1. The minimum absolute atomic E-state index is 0.0249. The van der Waals surface area contributed by atoms with Crippen molar-refractivity contribution in [2.45, 2.75) is 13.3 Å². The summed E-state index contributed by atoms with van der Waals surface area (Å²) in [6.07, 6.45) is 4.10. The average molecular weight is 469 g/mol.